The first-order valence-electron chi connectivity index (χ1n) is 7.72. The average Bonchev–Trinajstić information content (AvgIpc) is 3.20. The summed E-state index contributed by atoms with van der Waals surface area (Å²) in [5.41, 5.74) is 1.76. The molecule has 0 spiro atoms. The zero-order valence-electron chi connectivity index (χ0n) is 13.6. The summed E-state index contributed by atoms with van der Waals surface area (Å²) in [6.45, 7) is 1.93. The molecule has 0 aliphatic rings. The van der Waals surface area contributed by atoms with Crippen LogP contribution in [0, 0.1) is 0 Å². The maximum absolute atomic E-state index is 12.3. The third kappa shape index (κ3) is 3.39. The molecule has 0 saturated heterocycles. The van der Waals surface area contributed by atoms with E-state index in [-0.39, 0.29) is 10.8 Å². The molecule has 0 bridgehead atoms. The number of hydrogen-bond acceptors (Lipinski definition) is 4. The van der Waals surface area contributed by atoms with Crippen LogP contribution in [0.4, 0.5) is 0 Å². The molecule has 0 saturated carbocycles. The molecule has 0 aliphatic carbocycles. The van der Waals surface area contributed by atoms with Crippen LogP contribution < -0.4 is 4.72 Å². The van der Waals surface area contributed by atoms with Crippen LogP contribution in [0.15, 0.2) is 46.8 Å². The fraction of sp³-hybridized carbons (Fsp3) is 0.294. The Labute approximate surface area is 145 Å². The molecule has 3 rings (SSSR count). The first-order valence-corrected chi connectivity index (χ1v) is 10.0. The van der Waals surface area contributed by atoms with Gasteiger partial charge in [0.1, 0.15) is 4.21 Å². The maximum atomic E-state index is 12.3. The molecule has 1 aromatic carbocycles. The molecule has 7 heteroatoms. The van der Waals surface area contributed by atoms with Gasteiger partial charge in [-0.3, -0.25) is 0 Å². The van der Waals surface area contributed by atoms with Gasteiger partial charge >= 0.3 is 0 Å². The van der Waals surface area contributed by atoms with Crippen molar-refractivity contribution in [2.45, 2.75) is 23.7 Å². The fourth-order valence-corrected chi connectivity index (χ4v) is 4.96. The highest BCUT2D eigenvalue weighted by molar-refractivity contribution is 7.91. The van der Waals surface area contributed by atoms with Crippen molar-refractivity contribution >= 4 is 32.3 Å². The lowest BCUT2D eigenvalue weighted by molar-refractivity contribution is 0.182. The second-order valence-electron chi connectivity index (χ2n) is 5.69. The largest absolute Gasteiger partial charge is 0.387 e. The van der Waals surface area contributed by atoms with E-state index in [1.807, 2.05) is 55.1 Å². The van der Waals surface area contributed by atoms with E-state index in [1.54, 1.807) is 6.07 Å². The summed E-state index contributed by atoms with van der Waals surface area (Å²) in [5.74, 6) is 0. The van der Waals surface area contributed by atoms with Gasteiger partial charge in [-0.05, 0) is 47.7 Å². The lowest BCUT2D eigenvalue weighted by atomic mass is 10.1. The van der Waals surface area contributed by atoms with Gasteiger partial charge in [0, 0.05) is 30.2 Å². The van der Waals surface area contributed by atoms with Gasteiger partial charge in [0.15, 0.2) is 0 Å². The molecule has 1 unspecified atom stereocenters. The van der Waals surface area contributed by atoms with Crippen molar-refractivity contribution in [3.8, 4) is 0 Å². The molecule has 2 N–H and O–H groups in total. The highest BCUT2D eigenvalue weighted by atomic mass is 32.2. The van der Waals surface area contributed by atoms with Crippen molar-refractivity contribution in [3.05, 3.63) is 53.0 Å². The monoisotopic (exact) mass is 364 g/mol. The first-order chi connectivity index (χ1) is 11.4. The van der Waals surface area contributed by atoms with Gasteiger partial charge in [-0.2, -0.15) is 0 Å². The Morgan fingerprint density at radius 2 is 2.04 bits per heavy atom. The smallest absolute Gasteiger partial charge is 0.250 e. The molecular weight excluding hydrogens is 344 g/mol. The number of aromatic nitrogens is 1. The average molecular weight is 364 g/mol. The summed E-state index contributed by atoms with van der Waals surface area (Å²) in [7, 11) is -1.63. The lowest BCUT2D eigenvalue weighted by Gasteiger charge is -2.12. The number of aliphatic hydroxyl groups is 1. The second-order valence-corrected chi connectivity index (χ2v) is 8.85. The molecule has 3 aromatic rings. The molecule has 0 amide bonds. The van der Waals surface area contributed by atoms with Crippen LogP contribution in [0.2, 0.25) is 0 Å². The van der Waals surface area contributed by atoms with Gasteiger partial charge in [0.25, 0.3) is 0 Å². The fourth-order valence-electron chi connectivity index (χ4n) is 2.58. The van der Waals surface area contributed by atoms with Gasteiger partial charge in [0.2, 0.25) is 10.0 Å². The van der Waals surface area contributed by atoms with Gasteiger partial charge in [-0.1, -0.05) is 13.0 Å². The van der Waals surface area contributed by atoms with Crippen LogP contribution in [-0.2, 0) is 23.5 Å². The van der Waals surface area contributed by atoms with Gasteiger partial charge in [-0.25, -0.2) is 13.1 Å². The van der Waals surface area contributed by atoms with E-state index in [4.69, 9.17) is 0 Å². The van der Waals surface area contributed by atoms with E-state index < -0.39 is 16.1 Å². The van der Waals surface area contributed by atoms with Crippen LogP contribution in [0.3, 0.4) is 0 Å². The van der Waals surface area contributed by atoms with Crippen molar-refractivity contribution in [1.82, 2.24) is 9.29 Å². The third-order valence-electron chi connectivity index (χ3n) is 4.01. The van der Waals surface area contributed by atoms with E-state index in [1.165, 1.54) is 11.3 Å². The van der Waals surface area contributed by atoms with Gasteiger partial charge < -0.3 is 9.67 Å². The molecular formula is C17H20N2O3S2. The highest BCUT2D eigenvalue weighted by Gasteiger charge is 2.19. The van der Waals surface area contributed by atoms with E-state index in [0.29, 0.717) is 5.56 Å². The Morgan fingerprint density at radius 1 is 1.25 bits per heavy atom. The predicted molar refractivity (Wildman–Crippen MR) is 96.8 cm³/mol. The van der Waals surface area contributed by atoms with E-state index in [0.717, 1.165) is 22.2 Å². The highest BCUT2D eigenvalue weighted by Crippen LogP contribution is 2.23. The summed E-state index contributed by atoms with van der Waals surface area (Å²) in [4.78, 5) is 1.02. The number of aliphatic hydroxyl groups excluding tert-OH is 1. The molecule has 0 aliphatic heterocycles. The number of aryl methyl sites for hydroxylation is 2. The van der Waals surface area contributed by atoms with Crippen LogP contribution in [0.1, 0.15) is 23.5 Å². The molecule has 2 aromatic heterocycles. The van der Waals surface area contributed by atoms with Crippen molar-refractivity contribution in [1.29, 1.82) is 0 Å². The number of hydrogen-bond donors (Lipinski definition) is 2. The third-order valence-corrected chi connectivity index (χ3v) is 7.16. The molecule has 0 radical (unpaired) electrons. The Balaban J connectivity index is 1.72. The van der Waals surface area contributed by atoms with Crippen molar-refractivity contribution in [3.63, 3.8) is 0 Å². The SMILES string of the molecule is CCc1ccc(S(=O)(=O)NCC(O)c2ccc3c(ccn3C)c2)s1. The summed E-state index contributed by atoms with van der Waals surface area (Å²) in [5, 5.41) is 11.3. The van der Waals surface area contributed by atoms with Crippen LogP contribution in [-0.4, -0.2) is 24.6 Å². The topological polar surface area (TPSA) is 71.3 Å². The van der Waals surface area contributed by atoms with Crippen LogP contribution in [0.25, 0.3) is 10.9 Å². The zero-order chi connectivity index (χ0) is 17.3. The Kier molecular flexibility index (Phi) is 4.78. The minimum Gasteiger partial charge on any atom is -0.387 e. The molecule has 5 nitrogen and oxygen atoms in total. The van der Waals surface area contributed by atoms with E-state index in [2.05, 4.69) is 4.72 Å². The number of sulfonamides is 1. The number of thiophene rings is 1. The summed E-state index contributed by atoms with van der Waals surface area (Å²) >= 11 is 1.26. The minimum absolute atomic E-state index is 0.0555. The summed E-state index contributed by atoms with van der Waals surface area (Å²) in [6.07, 6.45) is 1.86. The van der Waals surface area contributed by atoms with Crippen LogP contribution >= 0.6 is 11.3 Å². The predicted octanol–water partition coefficient (Wildman–Crippen LogP) is 2.81. The Hall–Kier alpha value is -1.67. The summed E-state index contributed by atoms with van der Waals surface area (Å²) in [6, 6.07) is 11.0. The minimum atomic E-state index is -3.59. The lowest BCUT2D eigenvalue weighted by Crippen LogP contribution is -2.28. The zero-order valence-corrected chi connectivity index (χ0v) is 15.2. The standard InChI is InChI=1S/C17H20N2O3S2/c1-3-14-5-7-17(23-14)24(21,22)18-11-16(20)13-4-6-15-12(10-13)8-9-19(15)2/h4-10,16,18,20H,3,11H2,1-2H3. The van der Waals surface area contributed by atoms with Gasteiger partial charge in [0.05, 0.1) is 6.10 Å². The molecule has 128 valence electrons. The quantitative estimate of drug-likeness (QED) is 0.706. The molecule has 2 heterocycles. The second kappa shape index (κ2) is 6.68. The van der Waals surface area contributed by atoms with Crippen molar-refractivity contribution in [2.24, 2.45) is 7.05 Å². The summed E-state index contributed by atoms with van der Waals surface area (Å²) < 4.78 is 29.4. The molecule has 24 heavy (non-hydrogen) atoms. The normalized spacial score (nSPS) is 13.5. The van der Waals surface area contributed by atoms with Crippen molar-refractivity contribution in [2.75, 3.05) is 6.54 Å². The van der Waals surface area contributed by atoms with E-state index >= 15 is 0 Å². The number of rotatable bonds is 6. The number of nitrogens with one attached hydrogen (secondary N) is 1. The first kappa shape index (κ1) is 17.2. The Bertz CT molecular complexity index is 957. The molecule has 0 fully saturated rings. The number of fused-ring (bicyclic) bond motifs is 1. The van der Waals surface area contributed by atoms with E-state index in [9.17, 15) is 13.5 Å². The Morgan fingerprint density at radius 3 is 2.75 bits per heavy atom. The van der Waals surface area contributed by atoms with Gasteiger partial charge in [-0.15, -0.1) is 11.3 Å². The number of nitrogens with zero attached hydrogens (tertiary/aromatic N) is 1. The maximum Gasteiger partial charge on any atom is 0.250 e. The number of benzene rings is 1. The van der Waals surface area contributed by atoms with Crippen LogP contribution in [0.5, 0.6) is 0 Å². The van der Waals surface area contributed by atoms with Crippen molar-refractivity contribution < 1.29 is 13.5 Å². The molecule has 1 atom stereocenters.